The SMILES string of the molecule is OC1CCOC2(CCC(C(F)(F)F)CC2)C1. The normalized spacial score (nSPS) is 41.2. The fourth-order valence-corrected chi connectivity index (χ4v) is 2.82. The first-order chi connectivity index (χ1) is 7.41. The van der Waals surface area contributed by atoms with Crippen LogP contribution in [0.1, 0.15) is 38.5 Å². The summed E-state index contributed by atoms with van der Waals surface area (Å²) in [4.78, 5) is 0. The molecule has 1 atom stereocenters. The number of halogens is 3. The zero-order valence-corrected chi connectivity index (χ0v) is 9.09. The quantitative estimate of drug-likeness (QED) is 0.703. The molecule has 1 saturated carbocycles. The summed E-state index contributed by atoms with van der Waals surface area (Å²) in [6.45, 7) is 0.470. The van der Waals surface area contributed by atoms with Crippen molar-refractivity contribution in [1.29, 1.82) is 0 Å². The summed E-state index contributed by atoms with van der Waals surface area (Å²) in [7, 11) is 0. The Hall–Kier alpha value is -0.290. The summed E-state index contributed by atoms with van der Waals surface area (Å²) in [6, 6.07) is 0. The molecule has 0 bridgehead atoms. The molecule has 1 saturated heterocycles. The lowest BCUT2D eigenvalue weighted by Gasteiger charge is -2.44. The maximum Gasteiger partial charge on any atom is 0.391 e. The highest BCUT2D eigenvalue weighted by molar-refractivity contribution is 4.92. The molecule has 0 radical (unpaired) electrons. The maximum absolute atomic E-state index is 12.5. The van der Waals surface area contributed by atoms with Gasteiger partial charge in [-0.2, -0.15) is 13.2 Å². The Morgan fingerprint density at radius 3 is 2.25 bits per heavy atom. The van der Waals surface area contributed by atoms with Crippen LogP contribution in [0.5, 0.6) is 0 Å². The standard InChI is InChI=1S/C11H17F3O2/c12-11(13,14)8-1-4-10(5-2-8)7-9(15)3-6-16-10/h8-9,15H,1-7H2. The van der Waals surface area contributed by atoms with Crippen LogP contribution >= 0.6 is 0 Å². The molecule has 1 aliphatic heterocycles. The lowest BCUT2D eigenvalue weighted by Crippen LogP contribution is -2.46. The summed E-state index contributed by atoms with van der Waals surface area (Å²) in [6.07, 6.45) is -2.26. The number of aliphatic hydroxyl groups excluding tert-OH is 1. The van der Waals surface area contributed by atoms with Gasteiger partial charge in [-0.05, 0) is 32.1 Å². The summed E-state index contributed by atoms with van der Waals surface area (Å²) in [5, 5.41) is 9.55. The van der Waals surface area contributed by atoms with Crippen molar-refractivity contribution in [1.82, 2.24) is 0 Å². The summed E-state index contributed by atoms with van der Waals surface area (Å²) in [5.41, 5.74) is -0.473. The van der Waals surface area contributed by atoms with Crippen LogP contribution in [-0.4, -0.2) is 29.6 Å². The smallest absolute Gasteiger partial charge is 0.391 e. The number of ether oxygens (including phenoxy) is 1. The molecule has 2 aliphatic rings. The molecule has 1 heterocycles. The summed E-state index contributed by atoms with van der Waals surface area (Å²) >= 11 is 0. The molecular weight excluding hydrogens is 221 g/mol. The van der Waals surface area contributed by atoms with E-state index in [0.29, 0.717) is 32.3 Å². The number of alkyl halides is 3. The van der Waals surface area contributed by atoms with E-state index in [1.807, 2.05) is 0 Å². The molecule has 2 rings (SSSR count). The molecular formula is C11H17F3O2. The van der Waals surface area contributed by atoms with Gasteiger partial charge in [0.1, 0.15) is 0 Å². The Balaban J connectivity index is 1.93. The highest BCUT2D eigenvalue weighted by Crippen LogP contribution is 2.45. The van der Waals surface area contributed by atoms with Gasteiger partial charge in [0.25, 0.3) is 0 Å². The Labute approximate surface area is 92.8 Å². The van der Waals surface area contributed by atoms with Gasteiger partial charge >= 0.3 is 6.18 Å². The van der Waals surface area contributed by atoms with Crippen LogP contribution in [0.25, 0.3) is 0 Å². The first-order valence-electron chi connectivity index (χ1n) is 5.80. The fraction of sp³-hybridized carbons (Fsp3) is 1.00. The van der Waals surface area contributed by atoms with E-state index in [0.717, 1.165) is 0 Å². The van der Waals surface area contributed by atoms with E-state index in [-0.39, 0.29) is 12.8 Å². The van der Waals surface area contributed by atoms with E-state index in [9.17, 15) is 18.3 Å². The minimum Gasteiger partial charge on any atom is -0.393 e. The van der Waals surface area contributed by atoms with Crippen molar-refractivity contribution in [2.45, 2.75) is 56.4 Å². The van der Waals surface area contributed by atoms with Gasteiger partial charge < -0.3 is 9.84 Å². The number of rotatable bonds is 0. The molecule has 2 nitrogen and oxygen atoms in total. The minimum absolute atomic E-state index is 0.135. The van der Waals surface area contributed by atoms with Crippen molar-refractivity contribution < 1.29 is 23.0 Å². The second-order valence-electron chi connectivity index (χ2n) is 4.99. The molecule has 1 N–H and O–H groups in total. The average molecular weight is 238 g/mol. The van der Waals surface area contributed by atoms with E-state index in [4.69, 9.17) is 4.74 Å². The molecule has 5 heteroatoms. The van der Waals surface area contributed by atoms with Gasteiger partial charge in [0.05, 0.1) is 17.6 Å². The van der Waals surface area contributed by atoms with Gasteiger partial charge in [-0.25, -0.2) is 0 Å². The van der Waals surface area contributed by atoms with Gasteiger partial charge in [0.2, 0.25) is 0 Å². The van der Waals surface area contributed by atoms with Crippen LogP contribution in [0.15, 0.2) is 0 Å². The average Bonchev–Trinajstić information content (AvgIpc) is 2.16. The van der Waals surface area contributed by atoms with Crippen molar-refractivity contribution in [2.24, 2.45) is 5.92 Å². The second-order valence-corrected chi connectivity index (χ2v) is 4.99. The van der Waals surface area contributed by atoms with Gasteiger partial charge in [0, 0.05) is 13.0 Å². The zero-order valence-electron chi connectivity index (χ0n) is 9.09. The number of hydrogen-bond acceptors (Lipinski definition) is 2. The van der Waals surface area contributed by atoms with Gasteiger partial charge in [-0.1, -0.05) is 0 Å². The maximum atomic E-state index is 12.5. The van der Waals surface area contributed by atoms with Crippen molar-refractivity contribution in [2.75, 3.05) is 6.61 Å². The fourth-order valence-electron chi connectivity index (χ4n) is 2.82. The third kappa shape index (κ3) is 2.51. The third-order valence-electron chi connectivity index (χ3n) is 3.83. The molecule has 2 fully saturated rings. The first-order valence-corrected chi connectivity index (χ1v) is 5.80. The minimum atomic E-state index is -4.07. The van der Waals surface area contributed by atoms with E-state index in [1.165, 1.54) is 0 Å². The van der Waals surface area contributed by atoms with E-state index < -0.39 is 23.8 Å². The van der Waals surface area contributed by atoms with Crippen molar-refractivity contribution in [3.8, 4) is 0 Å². The molecule has 0 aromatic carbocycles. The van der Waals surface area contributed by atoms with Crippen LogP contribution in [-0.2, 0) is 4.74 Å². The summed E-state index contributed by atoms with van der Waals surface area (Å²) in [5.74, 6) is -1.18. The predicted octanol–water partition coefficient (Wildman–Crippen LogP) is 2.65. The van der Waals surface area contributed by atoms with E-state index >= 15 is 0 Å². The first kappa shape index (κ1) is 12.2. The molecule has 1 spiro atoms. The largest absolute Gasteiger partial charge is 0.393 e. The van der Waals surface area contributed by atoms with Crippen LogP contribution in [0.4, 0.5) is 13.2 Å². The van der Waals surface area contributed by atoms with Crippen LogP contribution in [0.3, 0.4) is 0 Å². The molecule has 94 valence electrons. The lowest BCUT2D eigenvalue weighted by molar-refractivity contribution is -0.205. The van der Waals surface area contributed by atoms with Crippen molar-refractivity contribution in [3.63, 3.8) is 0 Å². The van der Waals surface area contributed by atoms with E-state index in [1.54, 1.807) is 0 Å². The lowest BCUT2D eigenvalue weighted by atomic mass is 9.74. The van der Waals surface area contributed by atoms with E-state index in [2.05, 4.69) is 0 Å². The predicted molar refractivity (Wildman–Crippen MR) is 51.9 cm³/mol. The second kappa shape index (κ2) is 4.18. The summed E-state index contributed by atoms with van der Waals surface area (Å²) < 4.78 is 43.1. The molecule has 0 aromatic heterocycles. The van der Waals surface area contributed by atoms with Crippen LogP contribution < -0.4 is 0 Å². The highest BCUT2D eigenvalue weighted by atomic mass is 19.4. The van der Waals surface area contributed by atoms with Gasteiger partial charge in [-0.15, -0.1) is 0 Å². The Morgan fingerprint density at radius 2 is 1.75 bits per heavy atom. The Kier molecular flexibility index (Phi) is 3.18. The van der Waals surface area contributed by atoms with Gasteiger partial charge in [0.15, 0.2) is 0 Å². The number of hydrogen-bond donors (Lipinski definition) is 1. The highest BCUT2D eigenvalue weighted by Gasteiger charge is 2.47. The van der Waals surface area contributed by atoms with Crippen molar-refractivity contribution >= 4 is 0 Å². The molecule has 16 heavy (non-hydrogen) atoms. The third-order valence-corrected chi connectivity index (χ3v) is 3.83. The number of aliphatic hydroxyl groups is 1. The van der Waals surface area contributed by atoms with Crippen LogP contribution in [0, 0.1) is 5.92 Å². The monoisotopic (exact) mass is 238 g/mol. The Morgan fingerprint density at radius 1 is 1.12 bits per heavy atom. The molecule has 0 amide bonds. The topological polar surface area (TPSA) is 29.5 Å². The zero-order chi connectivity index (χ0) is 11.8. The molecule has 0 aromatic rings. The molecule has 1 aliphatic carbocycles. The van der Waals surface area contributed by atoms with Crippen molar-refractivity contribution in [3.05, 3.63) is 0 Å². The Bertz CT molecular complexity index is 244. The molecule has 1 unspecified atom stereocenters. The van der Waals surface area contributed by atoms with Gasteiger partial charge in [-0.3, -0.25) is 0 Å². The van der Waals surface area contributed by atoms with Crippen LogP contribution in [0.2, 0.25) is 0 Å².